The van der Waals surface area contributed by atoms with Crippen molar-refractivity contribution < 1.29 is 18.7 Å². The second kappa shape index (κ2) is 11.5. The highest BCUT2D eigenvalue weighted by Crippen LogP contribution is 2.16. The molecule has 0 unspecified atom stereocenters. The Bertz CT molecular complexity index is 861. The quantitative estimate of drug-likeness (QED) is 0.606. The average molecular weight is 427 g/mol. The Kier molecular flexibility index (Phi) is 8.44. The van der Waals surface area contributed by atoms with Gasteiger partial charge in [0.15, 0.2) is 0 Å². The molecule has 1 aliphatic rings. The second-order valence-corrected chi connectivity index (χ2v) is 8.02. The van der Waals surface area contributed by atoms with Crippen LogP contribution in [0.15, 0.2) is 48.5 Å². The number of nitrogens with one attached hydrogen (secondary N) is 1. The number of carbonyl (C=O) groups is 2. The lowest BCUT2D eigenvalue weighted by Gasteiger charge is -2.32. The van der Waals surface area contributed by atoms with Gasteiger partial charge in [-0.1, -0.05) is 30.7 Å². The molecule has 2 aromatic carbocycles. The number of piperidine rings is 1. The van der Waals surface area contributed by atoms with Crippen molar-refractivity contribution in [2.75, 3.05) is 20.2 Å². The van der Waals surface area contributed by atoms with Crippen LogP contribution in [0.25, 0.3) is 0 Å². The topological polar surface area (TPSA) is 58.6 Å². The van der Waals surface area contributed by atoms with Gasteiger partial charge in [-0.05, 0) is 61.9 Å². The summed E-state index contributed by atoms with van der Waals surface area (Å²) in [5.74, 6) is 0.146. The van der Waals surface area contributed by atoms with Crippen molar-refractivity contribution in [2.45, 2.75) is 51.0 Å². The first-order valence-electron chi connectivity index (χ1n) is 11.0. The minimum Gasteiger partial charge on any atom is -0.497 e. The Balaban J connectivity index is 1.31. The molecule has 0 spiro atoms. The molecular weight excluding hydrogens is 395 g/mol. The third-order valence-electron chi connectivity index (χ3n) is 5.82. The summed E-state index contributed by atoms with van der Waals surface area (Å²) in [4.78, 5) is 26.6. The monoisotopic (exact) mass is 426 g/mol. The van der Waals surface area contributed by atoms with Crippen LogP contribution in [0.1, 0.15) is 54.4 Å². The van der Waals surface area contributed by atoms with E-state index in [0.29, 0.717) is 32.4 Å². The molecule has 0 atom stereocenters. The maximum Gasteiger partial charge on any atom is 0.254 e. The van der Waals surface area contributed by atoms with Gasteiger partial charge in [-0.15, -0.1) is 0 Å². The van der Waals surface area contributed by atoms with Crippen molar-refractivity contribution in [3.05, 3.63) is 65.5 Å². The molecule has 1 aliphatic heterocycles. The van der Waals surface area contributed by atoms with Crippen LogP contribution in [0.5, 0.6) is 5.75 Å². The van der Waals surface area contributed by atoms with Crippen LogP contribution in [-0.2, 0) is 11.2 Å². The Morgan fingerprint density at radius 2 is 1.74 bits per heavy atom. The smallest absolute Gasteiger partial charge is 0.254 e. The SMILES string of the molecule is COc1ccc(CCCCCC(=O)N2CCC(NC(=O)c3ccccc3F)CC2)cc1. The van der Waals surface area contributed by atoms with Gasteiger partial charge in [0.25, 0.3) is 5.91 Å². The van der Waals surface area contributed by atoms with Crippen LogP contribution in [0, 0.1) is 5.82 Å². The Morgan fingerprint density at radius 1 is 1.03 bits per heavy atom. The zero-order valence-electron chi connectivity index (χ0n) is 18.1. The molecule has 0 radical (unpaired) electrons. The van der Waals surface area contributed by atoms with E-state index in [9.17, 15) is 14.0 Å². The van der Waals surface area contributed by atoms with Gasteiger partial charge in [0, 0.05) is 25.6 Å². The highest BCUT2D eigenvalue weighted by atomic mass is 19.1. The third kappa shape index (κ3) is 6.81. The van der Waals surface area contributed by atoms with Gasteiger partial charge in [0.05, 0.1) is 12.7 Å². The standard InChI is InChI=1S/C25H31FN2O3/c1-31-21-13-11-19(12-14-21)7-3-2-4-10-24(29)28-17-15-20(16-18-28)27-25(30)22-8-5-6-9-23(22)26/h5-6,8-9,11-14,20H,2-4,7,10,15-18H2,1H3,(H,27,30). The van der Waals surface area contributed by atoms with Gasteiger partial charge in [-0.25, -0.2) is 4.39 Å². The van der Waals surface area contributed by atoms with E-state index >= 15 is 0 Å². The molecular formula is C25H31FN2O3. The Labute approximate surface area is 183 Å². The predicted molar refractivity (Wildman–Crippen MR) is 119 cm³/mol. The van der Waals surface area contributed by atoms with Crippen LogP contribution in [0.3, 0.4) is 0 Å². The molecule has 0 aromatic heterocycles. The van der Waals surface area contributed by atoms with E-state index in [1.54, 1.807) is 19.2 Å². The third-order valence-corrected chi connectivity index (χ3v) is 5.82. The summed E-state index contributed by atoms with van der Waals surface area (Å²) in [7, 11) is 1.66. The van der Waals surface area contributed by atoms with Gasteiger partial charge in [-0.2, -0.15) is 0 Å². The molecule has 1 fully saturated rings. The summed E-state index contributed by atoms with van der Waals surface area (Å²) in [5, 5.41) is 2.89. The van der Waals surface area contributed by atoms with Gasteiger partial charge in [0.2, 0.25) is 5.91 Å². The summed E-state index contributed by atoms with van der Waals surface area (Å²) >= 11 is 0. The number of ether oxygens (including phenoxy) is 1. The summed E-state index contributed by atoms with van der Waals surface area (Å²) in [6, 6.07) is 14.1. The first-order valence-corrected chi connectivity index (χ1v) is 11.0. The molecule has 1 N–H and O–H groups in total. The molecule has 5 nitrogen and oxygen atoms in total. The lowest BCUT2D eigenvalue weighted by Crippen LogP contribution is -2.46. The molecule has 6 heteroatoms. The van der Waals surface area contributed by atoms with E-state index in [1.165, 1.54) is 17.7 Å². The number of hydrogen-bond acceptors (Lipinski definition) is 3. The minimum atomic E-state index is -0.514. The molecule has 2 amide bonds. The lowest BCUT2D eigenvalue weighted by molar-refractivity contribution is -0.132. The molecule has 0 saturated carbocycles. The minimum absolute atomic E-state index is 0.0272. The van der Waals surface area contributed by atoms with E-state index < -0.39 is 5.82 Å². The number of carbonyl (C=O) groups excluding carboxylic acids is 2. The van der Waals surface area contributed by atoms with E-state index in [-0.39, 0.29) is 23.4 Å². The molecule has 3 rings (SSSR count). The van der Waals surface area contributed by atoms with Gasteiger partial charge < -0.3 is 15.0 Å². The molecule has 1 heterocycles. The van der Waals surface area contributed by atoms with Crippen LogP contribution in [0.2, 0.25) is 0 Å². The summed E-state index contributed by atoms with van der Waals surface area (Å²) in [5.41, 5.74) is 1.35. The van der Waals surface area contributed by atoms with E-state index in [0.717, 1.165) is 31.4 Å². The molecule has 0 aliphatic carbocycles. The lowest BCUT2D eigenvalue weighted by atomic mass is 10.0. The molecule has 166 valence electrons. The number of unbranched alkanes of at least 4 members (excludes halogenated alkanes) is 2. The number of likely N-dealkylation sites (tertiary alicyclic amines) is 1. The first kappa shape index (κ1) is 22.8. The summed E-state index contributed by atoms with van der Waals surface area (Å²) < 4.78 is 18.9. The number of rotatable bonds is 9. The Hall–Kier alpha value is -2.89. The van der Waals surface area contributed by atoms with Crippen molar-refractivity contribution in [3.63, 3.8) is 0 Å². The van der Waals surface area contributed by atoms with Gasteiger partial charge >= 0.3 is 0 Å². The van der Waals surface area contributed by atoms with E-state index in [1.807, 2.05) is 17.0 Å². The molecule has 0 bridgehead atoms. The summed E-state index contributed by atoms with van der Waals surface area (Å²) in [6.45, 7) is 1.26. The predicted octanol–water partition coefficient (Wildman–Crippen LogP) is 4.36. The van der Waals surface area contributed by atoms with Crippen molar-refractivity contribution in [1.29, 1.82) is 0 Å². The number of methoxy groups -OCH3 is 1. The average Bonchev–Trinajstić information content (AvgIpc) is 2.80. The zero-order chi connectivity index (χ0) is 22.1. The van der Waals surface area contributed by atoms with Crippen molar-refractivity contribution in [3.8, 4) is 5.75 Å². The van der Waals surface area contributed by atoms with E-state index in [4.69, 9.17) is 4.74 Å². The maximum atomic E-state index is 13.7. The summed E-state index contributed by atoms with van der Waals surface area (Å²) in [6.07, 6.45) is 5.93. The number of nitrogens with zero attached hydrogens (tertiary/aromatic N) is 1. The molecule has 2 aromatic rings. The fraction of sp³-hybridized carbons (Fsp3) is 0.440. The van der Waals surface area contributed by atoms with Crippen LogP contribution in [0.4, 0.5) is 4.39 Å². The highest BCUT2D eigenvalue weighted by molar-refractivity contribution is 5.94. The van der Waals surface area contributed by atoms with Crippen LogP contribution >= 0.6 is 0 Å². The van der Waals surface area contributed by atoms with Crippen LogP contribution < -0.4 is 10.1 Å². The zero-order valence-corrected chi connectivity index (χ0v) is 18.1. The van der Waals surface area contributed by atoms with Gasteiger partial charge in [-0.3, -0.25) is 9.59 Å². The number of aryl methyl sites for hydroxylation is 1. The first-order chi connectivity index (χ1) is 15.1. The number of halogens is 1. The fourth-order valence-corrected chi connectivity index (χ4v) is 3.91. The number of amides is 2. The molecule has 1 saturated heterocycles. The Morgan fingerprint density at radius 3 is 2.42 bits per heavy atom. The largest absolute Gasteiger partial charge is 0.497 e. The van der Waals surface area contributed by atoms with Crippen molar-refractivity contribution >= 4 is 11.8 Å². The normalized spacial score (nSPS) is 14.3. The number of hydrogen-bond donors (Lipinski definition) is 1. The van der Waals surface area contributed by atoms with Crippen molar-refractivity contribution in [1.82, 2.24) is 10.2 Å². The van der Waals surface area contributed by atoms with Gasteiger partial charge in [0.1, 0.15) is 11.6 Å². The maximum absolute atomic E-state index is 13.7. The fourth-order valence-electron chi connectivity index (χ4n) is 3.91. The number of benzene rings is 2. The second-order valence-electron chi connectivity index (χ2n) is 8.02. The highest BCUT2D eigenvalue weighted by Gasteiger charge is 2.24. The molecule has 31 heavy (non-hydrogen) atoms. The van der Waals surface area contributed by atoms with E-state index in [2.05, 4.69) is 17.4 Å². The van der Waals surface area contributed by atoms with Crippen LogP contribution in [-0.4, -0.2) is 43.0 Å². The van der Waals surface area contributed by atoms with Crippen molar-refractivity contribution in [2.24, 2.45) is 0 Å².